The third-order valence-corrected chi connectivity index (χ3v) is 5.29. The third-order valence-electron chi connectivity index (χ3n) is 5.29. The molecule has 144 valence electrons. The minimum Gasteiger partial charge on any atom is -0.494 e. The molecule has 2 heterocycles. The first-order valence-corrected chi connectivity index (χ1v) is 9.45. The number of amides is 1. The van der Waals surface area contributed by atoms with Crippen molar-refractivity contribution in [3.63, 3.8) is 0 Å². The minimum absolute atomic E-state index is 0.0938. The highest BCUT2D eigenvalue weighted by molar-refractivity contribution is 5.79. The van der Waals surface area contributed by atoms with Crippen molar-refractivity contribution in [2.75, 3.05) is 33.3 Å². The first-order valence-electron chi connectivity index (χ1n) is 9.45. The van der Waals surface area contributed by atoms with E-state index in [0.29, 0.717) is 19.6 Å². The van der Waals surface area contributed by atoms with Crippen LogP contribution in [0.4, 0.5) is 4.39 Å². The zero-order chi connectivity index (χ0) is 18.7. The van der Waals surface area contributed by atoms with Gasteiger partial charge in [0.1, 0.15) is 0 Å². The number of benzene rings is 1. The van der Waals surface area contributed by atoms with Crippen LogP contribution >= 0.6 is 0 Å². The number of hydrogen-bond acceptors (Lipinski definition) is 4. The Bertz CT molecular complexity index is 621. The Hall–Kier alpha value is -1.66. The number of carbonyl (C=O) groups is 1. The van der Waals surface area contributed by atoms with E-state index in [1.165, 1.54) is 13.2 Å². The van der Waals surface area contributed by atoms with Gasteiger partial charge in [0.15, 0.2) is 11.6 Å². The summed E-state index contributed by atoms with van der Waals surface area (Å²) in [4.78, 5) is 17.1. The van der Waals surface area contributed by atoms with Gasteiger partial charge >= 0.3 is 0 Å². The number of ether oxygens (including phenoxy) is 2. The van der Waals surface area contributed by atoms with Gasteiger partial charge in [-0.15, -0.1) is 0 Å². The molecular weight excluding hydrogens is 335 g/mol. The van der Waals surface area contributed by atoms with E-state index in [-0.39, 0.29) is 35.6 Å². The molecular formula is C20H29FN2O3. The Labute approximate surface area is 155 Å². The van der Waals surface area contributed by atoms with Crippen molar-refractivity contribution in [3.05, 3.63) is 29.6 Å². The molecule has 0 unspecified atom stereocenters. The van der Waals surface area contributed by atoms with E-state index in [4.69, 9.17) is 9.47 Å². The van der Waals surface area contributed by atoms with Gasteiger partial charge in [-0.05, 0) is 57.5 Å². The van der Waals surface area contributed by atoms with E-state index in [2.05, 4.69) is 4.90 Å². The minimum atomic E-state index is -0.328. The predicted molar refractivity (Wildman–Crippen MR) is 97.5 cm³/mol. The lowest BCUT2D eigenvalue weighted by atomic mass is 9.94. The first-order chi connectivity index (χ1) is 12.5. The van der Waals surface area contributed by atoms with Crippen LogP contribution in [0, 0.1) is 11.7 Å². The second-order valence-corrected chi connectivity index (χ2v) is 7.52. The van der Waals surface area contributed by atoms with Crippen LogP contribution in [0.15, 0.2) is 18.2 Å². The zero-order valence-corrected chi connectivity index (χ0v) is 15.9. The van der Waals surface area contributed by atoms with E-state index in [1.807, 2.05) is 24.8 Å². The smallest absolute Gasteiger partial charge is 0.225 e. The predicted octanol–water partition coefficient (Wildman–Crippen LogP) is 2.68. The maximum atomic E-state index is 13.8. The number of halogens is 1. The molecule has 2 saturated heterocycles. The normalized spacial score (nSPS) is 25.3. The van der Waals surface area contributed by atoms with Gasteiger partial charge in [0.05, 0.1) is 19.3 Å². The highest BCUT2D eigenvalue weighted by atomic mass is 19.1. The number of nitrogens with zero attached hydrogens (tertiary/aromatic N) is 2. The Morgan fingerprint density at radius 1 is 1.23 bits per heavy atom. The topological polar surface area (TPSA) is 42.0 Å². The van der Waals surface area contributed by atoms with Crippen molar-refractivity contribution in [2.45, 2.75) is 45.4 Å². The van der Waals surface area contributed by atoms with Gasteiger partial charge in [-0.3, -0.25) is 9.69 Å². The molecule has 0 aliphatic carbocycles. The van der Waals surface area contributed by atoms with E-state index in [1.54, 1.807) is 6.07 Å². The second kappa shape index (κ2) is 8.35. The standard InChI is InChI=1S/C20H29FN2O3/c1-14-11-23(12-15(2)26-14)20(24)17-6-8-22(9-7-17)13-16-4-5-19(25-3)18(21)10-16/h4-5,10,14-15,17H,6-9,11-13H2,1-3H3/t14-,15-/m1/s1. The van der Waals surface area contributed by atoms with E-state index < -0.39 is 0 Å². The van der Waals surface area contributed by atoms with Crippen LogP contribution in [0.5, 0.6) is 5.75 Å². The van der Waals surface area contributed by atoms with Gasteiger partial charge in [0.25, 0.3) is 0 Å². The Morgan fingerprint density at radius 2 is 1.88 bits per heavy atom. The summed E-state index contributed by atoms with van der Waals surface area (Å²) in [6.45, 7) is 7.84. The molecule has 0 radical (unpaired) electrons. The molecule has 0 N–H and O–H groups in total. The number of morpholine rings is 1. The third kappa shape index (κ3) is 4.54. The molecule has 5 nitrogen and oxygen atoms in total. The molecule has 1 aromatic rings. The molecule has 0 saturated carbocycles. The average Bonchev–Trinajstić information content (AvgIpc) is 2.61. The summed E-state index contributed by atoms with van der Waals surface area (Å²) in [5, 5.41) is 0. The van der Waals surface area contributed by atoms with E-state index >= 15 is 0 Å². The van der Waals surface area contributed by atoms with Crippen molar-refractivity contribution >= 4 is 5.91 Å². The van der Waals surface area contributed by atoms with Crippen LogP contribution < -0.4 is 4.74 Å². The Morgan fingerprint density at radius 3 is 2.46 bits per heavy atom. The van der Waals surface area contributed by atoms with Gasteiger partial charge in [-0.1, -0.05) is 6.07 Å². The van der Waals surface area contributed by atoms with Crippen molar-refractivity contribution in [1.82, 2.24) is 9.80 Å². The van der Waals surface area contributed by atoms with Crippen LogP contribution in [0.25, 0.3) is 0 Å². The van der Waals surface area contributed by atoms with Crippen LogP contribution in [-0.2, 0) is 16.1 Å². The molecule has 1 aromatic carbocycles. The summed E-state index contributed by atoms with van der Waals surface area (Å²) >= 11 is 0. The summed E-state index contributed by atoms with van der Waals surface area (Å²) < 4.78 is 24.5. The Kier molecular flexibility index (Phi) is 6.14. The average molecular weight is 364 g/mol. The highest BCUT2D eigenvalue weighted by Gasteiger charge is 2.32. The quantitative estimate of drug-likeness (QED) is 0.824. The lowest BCUT2D eigenvalue weighted by Gasteiger charge is -2.39. The van der Waals surface area contributed by atoms with Gasteiger partial charge in [0.2, 0.25) is 5.91 Å². The van der Waals surface area contributed by atoms with Crippen molar-refractivity contribution < 1.29 is 18.7 Å². The second-order valence-electron chi connectivity index (χ2n) is 7.52. The van der Waals surface area contributed by atoms with Gasteiger partial charge in [0, 0.05) is 25.6 Å². The molecule has 6 heteroatoms. The van der Waals surface area contributed by atoms with Crippen LogP contribution in [0.1, 0.15) is 32.3 Å². The number of piperidine rings is 1. The fraction of sp³-hybridized carbons (Fsp3) is 0.650. The summed E-state index contributed by atoms with van der Waals surface area (Å²) in [7, 11) is 1.47. The summed E-state index contributed by atoms with van der Waals surface area (Å²) in [6, 6.07) is 5.10. The number of likely N-dealkylation sites (tertiary alicyclic amines) is 1. The highest BCUT2D eigenvalue weighted by Crippen LogP contribution is 2.24. The monoisotopic (exact) mass is 364 g/mol. The van der Waals surface area contributed by atoms with E-state index in [0.717, 1.165) is 31.5 Å². The summed E-state index contributed by atoms with van der Waals surface area (Å²) in [5.74, 6) is 0.302. The van der Waals surface area contributed by atoms with Crippen molar-refractivity contribution in [1.29, 1.82) is 0 Å². The van der Waals surface area contributed by atoms with Crippen LogP contribution in [-0.4, -0.2) is 61.2 Å². The molecule has 0 aromatic heterocycles. The number of rotatable bonds is 4. The van der Waals surface area contributed by atoms with Gasteiger partial charge in [-0.25, -0.2) is 4.39 Å². The van der Waals surface area contributed by atoms with Gasteiger partial charge in [-0.2, -0.15) is 0 Å². The largest absolute Gasteiger partial charge is 0.494 e. The maximum Gasteiger partial charge on any atom is 0.225 e. The first kappa shape index (κ1) is 19.1. The molecule has 2 aliphatic rings. The van der Waals surface area contributed by atoms with Crippen LogP contribution in [0.3, 0.4) is 0 Å². The maximum absolute atomic E-state index is 13.8. The SMILES string of the molecule is COc1ccc(CN2CCC(C(=O)N3C[C@@H](C)O[C@H](C)C3)CC2)cc1F. The molecule has 1 amide bonds. The van der Waals surface area contributed by atoms with E-state index in [9.17, 15) is 9.18 Å². The number of methoxy groups -OCH3 is 1. The fourth-order valence-electron chi connectivity index (χ4n) is 4.02. The van der Waals surface area contributed by atoms with Crippen molar-refractivity contribution in [2.24, 2.45) is 5.92 Å². The molecule has 2 aliphatic heterocycles. The molecule has 0 spiro atoms. The summed E-state index contributed by atoms with van der Waals surface area (Å²) in [6.07, 6.45) is 1.93. The Balaban J connectivity index is 1.51. The molecule has 3 rings (SSSR count). The number of carbonyl (C=O) groups excluding carboxylic acids is 1. The fourth-order valence-corrected chi connectivity index (χ4v) is 4.02. The van der Waals surface area contributed by atoms with Crippen LogP contribution in [0.2, 0.25) is 0 Å². The molecule has 0 bridgehead atoms. The molecule has 26 heavy (non-hydrogen) atoms. The van der Waals surface area contributed by atoms with Gasteiger partial charge < -0.3 is 14.4 Å². The zero-order valence-electron chi connectivity index (χ0n) is 15.9. The molecule has 2 atom stereocenters. The van der Waals surface area contributed by atoms with Crippen molar-refractivity contribution in [3.8, 4) is 5.75 Å². The summed E-state index contributed by atoms with van der Waals surface area (Å²) in [5.41, 5.74) is 0.934. The number of hydrogen-bond donors (Lipinski definition) is 0. The molecule has 2 fully saturated rings. The lowest BCUT2D eigenvalue weighted by Crippen LogP contribution is -2.51. The lowest BCUT2D eigenvalue weighted by molar-refractivity contribution is -0.148.